The van der Waals surface area contributed by atoms with Crippen LogP contribution in [0.4, 0.5) is 0 Å². The third-order valence-electron chi connectivity index (χ3n) is 2.13. The van der Waals surface area contributed by atoms with Crippen molar-refractivity contribution in [2.45, 2.75) is 12.5 Å². The van der Waals surface area contributed by atoms with E-state index in [0.29, 0.717) is 11.3 Å². The van der Waals surface area contributed by atoms with E-state index in [9.17, 15) is 4.79 Å². The second kappa shape index (κ2) is 6.33. The molecule has 0 aromatic heterocycles. The van der Waals surface area contributed by atoms with Crippen LogP contribution in [0.5, 0.6) is 5.75 Å². The van der Waals surface area contributed by atoms with Gasteiger partial charge in [-0.2, -0.15) is 5.26 Å². The molecule has 17 heavy (non-hydrogen) atoms. The number of carbonyl (C=O) groups excluding carboxylic acids is 1. The van der Waals surface area contributed by atoms with Gasteiger partial charge >= 0.3 is 5.97 Å². The summed E-state index contributed by atoms with van der Waals surface area (Å²) in [7, 11) is 1.32. The van der Waals surface area contributed by atoms with Gasteiger partial charge in [0, 0.05) is 0 Å². The maximum absolute atomic E-state index is 11.1. The second-order valence-corrected chi connectivity index (χ2v) is 3.31. The van der Waals surface area contributed by atoms with Gasteiger partial charge in [0.1, 0.15) is 11.9 Å². The maximum atomic E-state index is 11.1. The van der Waals surface area contributed by atoms with Gasteiger partial charge in [-0.25, -0.2) is 0 Å². The van der Waals surface area contributed by atoms with Gasteiger partial charge in [-0.15, -0.1) is 0 Å². The normalized spacial score (nSPS) is 11.1. The summed E-state index contributed by atoms with van der Waals surface area (Å²) < 4.78 is 10.1. The molecule has 0 radical (unpaired) electrons. The molecule has 0 saturated heterocycles. The van der Waals surface area contributed by atoms with Crippen LogP contribution in [0.1, 0.15) is 12.0 Å². The highest BCUT2D eigenvalue weighted by Gasteiger charge is 2.12. The molecule has 88 valence electrons. The Labute approximate surface area is 100 Å². The van der Waals surface area contributed by atoms with Gasteiger partial charge in [-0.1, -0.05) is 12.7 Å². The van der Waals surface area contributed by atoms with Crippen molar-refractivity contribution >= 4 is 5.97 Å². The van der Waals surface area contributed by atoms with E-state index in [4.69, 9.17) is 10.00 Å². The van der Waals surface area contributed by atoms with Crippen LogP contribution in [0.3, 0.4) is 0 Å². The summed E-state index contributed by atoms with van der Waals surface area (Å²) in [5.74, 6) is 0.223. The van der Waals surface area contributed by atoms with Crippen molar-refractivity contribution in [1.82, 2.24) is 0 Å². The van der Waals surface area contributed by atoms with E-state index in [1.165, 1.54) is 13.2 Å². The Hall–Kier alpha value is -2.28. The van der Waals surface area contributed by atoms with E-state index in [1.54, 1.807) is 24.3 Å². The van der Waals surface area contributed by atoms with Gasteiger partial charge < -0.3 is 9.47 Å². The van der Waals surface area contributed by atoms with E-state index < -0.39 is 6.10 Å². The first-order chi connectivity index (χ1) is 8.19. The van der Waals surface area contributed by atoms with Gasteiger partial charge in [-0.05, 0) is 24.3 Å². The van der Waals surface area contributed by atoms with Gasteiger partial charge in [-0.3, -0.25) is 4.79 Å². The number of nitrogens with zero attached hydrogens (tertiary/aromatic N) is 1. The molecule has 1 rings (SSSR count). The van der Waals surface area contributed by atoms with Crippen molar-refractivity contribution in [3.63, 3.8) is 0 Å². The minimum Gasteiger partial charge on any atom is -0.486 e. The lowest BCUT2D eigenvalue weighted by molar-refractivity contribution is -0.141. The topological polar surface area (TPSA) is 59.3 Å². The third kappa shape index (κ3) is 3.99. The molecular weight excluding hydrogens is 218 g/mol. The minimum absolute atomic E-state index is 0.111. The number of rotatable bonds is 5. The monoisotopic (exact) mass is 231 g/mol. The fourth-order valence-corrected chi connectivity index (χ4v) is 1.20. The maximum Gasteiger partial charge on any atom is 0.309 e. The van der Waals surface area contributed by atoms with E-state index in [1.807, 2.05) is 6.07 Å². The lowest BCUT2D eigenvalue weighted by Gasteiger charge is -2.14. The molecular formula is C13H13NO3. The van der Waals surface area contributed by atoms with Gasteiger partial charge in [0.25, 0.3) is 0 Å². The minimum atomic E-state index is -0.435. The fraction of sp³-hybridized carbons (Fsp3) is 0.231. The zero-order valence-corrected chi connectivity index (χ0v) is 9.55. The van der Waals surface area contributed by atoms with Gasteiger partial charge in [0.15, 0.2) is 0 Å². The lowest BCUT2D eigenvalue weighted by Crippen LogP contribution is -2.19. The zero-order chi connectivity index (χ0) is 12.7. The first kappa shape index (κ1) is 12.8. The zero-order valence-electron chi connectivity index (χ0n) is 9.55. The highest BCUT2D eigenvalue weighted by Crippen LogP contribution is 2.15. The number of nitriles is 1. The molecule has 4 nitrogen and oxygen atoms in total. The molecule has 4 heteroatoms. The Bertz CT molecular complexity index is 431. The molecule has 0 saturated carbocycles. The fourth-order valence-electron chi connectivity index (χ4n) is 1.20. The van der Waals surface area contributed by atoms with Crippen molar-refractivity contribution in [2.24, 2.45) is 0 Å². The molecule has 0 aliphatic carbocycles. The van der Waals surface area contributed by atoms with Crippen molar-refractivity contribution < 1.29 is 14.3 Å². The molecule has 0 heterocycles. The van der Waals surface area contributed by atoms with Crippen LogP contribution in [0.25, 0.3) is 0 Å². The molecule has 0 bridgehead atoms. The number of benzene rings is 1. The Morgan fingerprint density at radius 3 is 2.65 bits per heavy atom. The van der Waals surface area contributed by atoms with Gasteiger partial charge in [0.2, 0.25) is 0 Å². The van der Waals surface area contributed by atoms with Crippen LogP contribution in [0.15, 0.2) is 36.9 Å². The molecule has 0 aliphatic rings. The van der Waals surface area contributed by atoms with Crippen LogP contribution in [-0.4, -0.2) is 19.2 Å². The third-order valence-corrected chi connectivity index (χ3v) is 2.13. The van der Waals surface area contributed by atoms with E-state index in [-0.39, 0.29) is 12.4 Å². The highest BCUT2D eigenvalue weighted by atomic mass is 16.5. The Kier molecular flexibility index (Phi) is 4.77. The Morgan fingerprint density at radius 2 is 2.18 bits per heavy atom. The highest BCUT2D eigenvalue weighted by molar-refractivity contribution is 5.70. The molecule has 0 fully saturated rings. The molecule has 1 aromatic carbocycles. The van der Waals surface area contributed by atoms with Crippen molar-refractivity contribution in [1.29, 1.82) is 5.26 Å². The van der Waals surface area contributed by atoms with Crippen LogP contribution < -0.4 is 4.74 Å². The average molecular weight is 231 g/mol. The average Bonchev–Trinajstić information content (AvgIpc) is 2.38. The summed E-state index contributed by atoms with van der Waals surface area (Å²) in [4.78, 5) is 11.1. The second-order valence-electron chi connectivity index (χ2n) is 3.31. The number of hydrogen-bond acceptors (Lipinski definition) is 4. The number of hydrogen-bond donors (Lipinski definition) is 0. The molecule has 1 aromatic rings. The summed E-state index contributed by atoms with van der Waals surface area (Å²) in [5, 5.41) is 8.64. The van der Waals surface area contributed by atoms with Crippen LogP contribution in [0.2, 0.25) is 0 Å². The smallest absolute Gasteiger partial charge is 0.309 e. The summed E-state index contributed by atoms with van der Waals surface area (Å²) in [6.07, 6.45) is 1.21. The lowest BCUT2D eigenvalue weighted by atomic mass is 10.2. The SMILES string of the molecule is C=CC(CC(=O)OC)Oc1ccc(C#N)cc1. The first-order valence-corrected chi connectivity index (χ1v) is 5.05. The molecule has 0 aliphatic heterocycles. The Balaban J connectivity index is 2.64. The summed E-state index contributed by atoms with van der Waals surface area (Å²) >= 11 is 0. The molecule has 1 atom stereocenters. The quantitative estimate of drug-likeness (QED) is 0.575. The van der Waals surface area contributed by atoms with Crippen molar-refractivity contribution in [3.8, 4) is 11.8 Å². The molecule has 0 spiro atoms. The number of ether oxygens (including phenoxy) is 2. The number of esters is 1. The molecule has 0 amide bonds. The van der Waals surface area contributed by atoms with Crippen LogP contribution >= 0.6 is 0 Å². The van der Waals surface area contributed by atoms with Crippen molar-refractivity contribution in [3.05, 3.63) is 42.5 Å². The Morgan fingerprint density at radius 1 is 1.53 bits per heavy atom. The predicted molar refractivity (Wildman–Crippen MR) is 62.4 cm³/mol. The van der Waals surface area contributed by atoms with Crippen LogP contribution in [-0.2, 0) is 9.53 Å². The predicted octanol–water partition coefficient (Wildman–Crippen LogP) is 2.05. The molecule has 1 unspecified atom stereocenters. The van der Waals surface area contributed by atoms with Gasteiger partial charge in [0.05, 0.1) is 25.2 Å². The van der Waals surface area contributed by atoms with E-state index in [0.717, 1.165) is 0 Å². The number of methoxy groups -OCH3 is 1. The van der Waals surface area contributed by atoms with Crippen LogP contribution in [0, 0.1) is 11.3 Å². The summed E-state index contributed by atoms with van der Waals surface area (Å²) in [6.45, 7) is 3.59. The summed E-state index contributed by atoms with van der Waals surface area (Å²) in [5.41, 5.74) is 0.556. The number of carbonyl (C=O) groups is 1. The van der Waals surface area contributed by atoms with E-state index in [2.05, 4.69) is 11.3 Å². The first-order valence-electron chi connectivity index (χ1n) is 5.05. The molecule has 0 N–H and O–H groups in total. The largest absolute Gasteiger partial charge is 0.486 e. The summed E-state index contributed by atoms with van der Waals surface area (Å²) in [6, 6.07) is 8.65. The van der Waals surface area contributed by atoms with E-state index >= 15 is 0 Å². The van der Waals surface area contributed by atoms with Crippen molar-refractivity contribution in [2.75, 3.05) is 7.11 Å². The standard InChI is InChI=1S/C13H13NO3/c1-3-11(8-13(15)16-2)17-12-6-4-10(9-14)5-7-12/h3-7,11H,1,8H2,2H3.